The van der Waals surface area contributed by atoms with Crippen LogP contribution in [0.5, 0.6) is 5.75 Å². The largest absolute Gasteiger partial charge is 0.506 e. The smallest absolute Gasteiger partial charge is 0.269 e. The van der Waals surface area contributed by atoms with Gasteiger partial charge in [-0.15, -0.1) is 11.3 Å². The van der Waals surface area contributed by atoms with Crippen LogP contribution in [0, 0.1) is 10.1 Å². The number of halogens is 2. The highest BCUT2D eigenvalue weighted by Gasteiger charge is 2.12. The number of phenolic OH excluding ortho intramolecular Hbond substituents is 1. The molecule has 1 N–H and O–H groups in total. The first kappa shape index (κ1) is 25.0. The Balaban J connectivity index is 1.84. The molecule has 0 atom stereocenters. The zero-order valence-corrected chi connectivity index (χ0v) is 22.7. The minimum absolute atomic E-state index is 0.0121. The third kappa shape index (κ3) is 5.77. The van der Waals surface area contributed by atoms with Crippen LogP contribution in [0.15, 0.2) is 85.1 Å². The lowest BCUT2D eigenvalue weighted by molar-refractivity contribution is -0.384. The molecular weight excluding hydrogens is 596 g/mol. The molecule has 0 unspecified atom stereocenters. The molecule has 0 aliphatic carbocycles. The van der Waals surface area contributed by atoms with E-state index in [0.29, 0.717) is 26.4 Å². The molecule has 4 rings (SSSR count). The number of aromatic hydroxyl groups is 1. The first-order valence-electron chi connectivity index (χ1n) is 10.6. The summed E-state index contributed by atoms with van der Waals surface area (Å²) in [6.07, 6.45) is 1.55. The first-order valence-corrected chi connectivity index (χ1v) is 13.0. The number of rotatable bonds is 6. The summed E-state index contributed by atoms with van der Waals surface area (Å²) in [6.45, 7) is 4.28. The van der Waals surface area contributed by atoms with Gasteiger partial charge in [0.2, 0.25) is 4.80 Å². The van der Waals surface area contributed by atoms with Gasteiger partial charge in [-0.05, 0) is 63.8 Å². The molecule has 35 heavy (non-hydrogen) atoms. The lowest BCUT2D eigenvalue weighted by Gasteiger charge is -2.06. The van der Waals surface area contributed by atoms with E-state index in [1.807, 2.05) is 17.5 Å². The van der Waals surface area contributed by atoms with Gasteiger partial charge in [-0.3, -0.25) is 10.1 Å². The molecule has 4 aromatic rings. The van der Waals surface area contributed by atoms with Gasteiger partial charge in [0.1, 0.15) is 5.75 Å². The fraction of sp³-hybridized carbons (Fsp3) is 0.120. The van der Waals surface area contributed by atoms with Crippen LogP contribution in [0.2, 0.25) is 0 Å². The van der Waals surface area contributed by atoms with Gasteiger partial charge >= 0.3 is 0 Å². The molecule has 0 spiro atoms. The van der Waals surface area contributed by atoms with E-state index in [-0.39, 0.29) is 11.4 Å². The molecule has 3 aromatic carbocycles. The van der Waals surface area contributed by atoms with Crippen molar-refractivity contribution in [3.8, 4) is 17.0 Å². The average Bonchev–Trinajstić information content (AvgIpc) is 3.23. The highest BCUT2D eigenvalue weighted by Crippen LogP contribution is 2.31. The lowest BCUT2D eigenvalue weighted by Crippen LogP contribution is -2.11. The van der Waals surface area contributed by atoms with Gasteiger partial charge in [-0.1, -0.05) is 41.9 Å². The van der Waals surface area contributed by atoms with Crippen LogP contribution < -0.4 is 4.80 Å². The van der Waals surface area contributed by atoms with E-state index in [2.05, 4.69) is 62.9 Å². The van der Waals surface area contributed by atoms with E-state index in [0.717, 1.165) is 15.7 Å². The van der Waals surface area contributed by atoms with Crippen LogP contribution in [-0.2, 0) is 0 Å². The van der Waals surface area contributed by atoms with E-state index in [1.165, 1.54) is 29.0 Å². The van der Waals surface area contributed by atoms with Crippen molar-refractivity contribution in [2.24, 2.45) is 10.1 Å². The molecule has 178 valence electrons. The molecule has 10 heteroatoms. The lowest BCUT2D eigenvalue weighted by atomic mass is 10.0. The van der Waals surface area contributed by atoms with Gasteiger partial charge in [-0.2, -0.15) is 5.10 Å². The average molecular weight is 616 g/mol. The van der Waals surface area contributed by atoms with Crippen molar-refractivity contribution in [2.45, 2.75) is 19.8 Å². The summed E-state index contributed by atoms with van der Waals surface area (Å²) >= 11 is 8.17. The van der Waals surface area contributed by atoms with Crippen molar-refractivity contribution in [2.75, 3.05) is 0 Å². The van der Waals surface area contributed by atoms with Crippen LogP contribution in [0.3, 0.4) is 0 Å². The molecule has 7 nitrogen and oxygen atoms in total. The second-order valence-electron chi connectivity index (χ2n) is 7.95. The van der Waals surface area contributed by atoms with Gasteiger partial charge in [-0.25, -0.2) is 9.67 Å². The maximum Gasteiger partial charge on any atom is 0.269 e. The van der Waals surface area contributed by atoms with Crippen molar-refractivity contribution in [3.63, 3.8) is 0 Å². The summed E-state index contributed by atoms with van der Waals surface area (Å²) in [5, 5.41) is 28.0. The van der Waals surface area contributed by atoms with Crippen LogP contribution in [0.4, 0.5) is 11.4 Å². The van der Waals surface area contributed by atoms with Crippen molar-refractivity contribution >= 4 is 60.8 Å². The second-order valence-corrected chi connectivity index (χ2v) is 10.6. The number of nitrogens with zero attached hydrogens (tertiary/aromatic N) is 4. The number of hydrogen-bond acceptors (Lipinski definition) is 6. The number of aromatic nitrogens is 1. The Labute approximate surface area is 222 Å². The summed E-state index contributed by atoms with van der Waals surface area (Å²) in [5.41, 5.74) is 3.99. The number of thiazole rings is 1. The van der Waals surface area contributed by atoms with E-state index in [1.54, 1.807) is 35.2 Å². The number of nitro groups is 1. The highest BCUT2D eigenvalue weighted by atomic mass is 79.9. The monoisotopic (exact) mass is 614 g/mol. The standard InChI is InChI=1S/C25H20Br2N4O3S/c1-15(2)16-3-7-20(8-4-16)29-25-30(28-13-18-11-19(26)12-22(27)24(18)32)23(14-35-25)17-5-9-21(10-6-17)31(33)34/h3-15,32H,1-2H3. The Kier molecular flexibility index (Phi) is 7.63. The van der Waals surface area contributed by atoms with Crippen molar-refractivity contribution < 1.29 is 10.0 Å². The van der Waals surface area contributed by atoms with E-state index >= 15 is 0 Å². The molecule has 1 aromatic heterocycles. The minimum atomic E-state index is -0.431. The number of hydrogen-bond donors (Lipinski definition) is 1. The van der Waals surface area contributed by atoms with Gasteiger partial charge in [0, 0.05) is 33.1 Å². The Morgan fingerprint density at radius 1 is 1.09 bits per heavy atom. The van der Waals surface area contributed by atoms with Crippen LogP contribution in [-0.4, -0.2) is 20.9 Å². The zero-order valence-electron chi connectivity index (χ0n) is 18.7. The number of non-ortho nitro benzene ring substituents is 1. The van der Waals surface area contributed by atoms with Crippen molar-refractivity contribution in [3.05, 3.63) is 101 Å². The Morgan fingerprint density at radius 3 is 2.40 bits per heavy atom. The van der Waals surface area contributed by atoms with Gasteiger partial charge in [0.15, 0.2) is 0 Å². The first-order chi connectivity index (χ1) is 16.7. The third-order valence-corrected chi connectivity index (χ3v) is 7.09. The molecule has 0 saturated carbocycles. The maximum atomic E-state index is 11.1. The quantitative estimate of drug-likeness (QED) is 0.137. The predicted molar refractivity (Wildman–Crippen MR) is 147 cm³/mol. The molecule has 0 aliphatic heterocycles. The molecule has 0 fully saturated rings. The normalized spacial score (nSPS) is 12.1. The Hall–Kier alpha value is -3.08. The minimum Gasteiger partial charge on any atom is -0.506 e. The summed E-state index contributed by atoms with van der Waals surface area (Å²) < 4.78 is 2.98. The fourth-order valence-electron chi connectivity index (χ4n) is 3.29. The summed E-state index contributed by atoms with van der Waals surface area (Å²) in [6, 6.07) is 17.8. The number of phenols is 1. The van der Waals surface area contributed by atoms with E-state index in [9.17, 15) is 15.2 Å². The van der Waals surface area contributed by atoms with Crippen LogP contribution >= 0.6 is 43.2 Å². The van der Waals surface area contributed by atoms with Crippen molar-refractivity contribution in [1.29, 1.82) is 0 Å². The highest BCUT2D eigenvalue weighted by molar-refractivity contribution is 9.11. The third-order valence-electron chi connectivity index (χ3n) is 5.21. The summed E-state index contributed by atoms with van der Waals surface area (Å²) in [5.74, 6) is 0.485. The molecule has 0 radical (unpaired) electrons. The van der Waals surface area contributed by atoms with Gasteiger partial charge < -0.3 is 5.11 Å². The topological polar surface area (TPSA) is 93.0 Å². The van der Waals surface area contributed by atoms with Crippen LogP contribution in [0.25, 0.3) is 11.3 Å². The predicted octanol–water partition coefficient (Wildman–Crippen LogP) is 7.59. The molecule has 1 heterocycles. The van der Waals surface area contributed by atoms with Crippen LogP contribution in [0.1, 0.15) is 30.9 Å². The van der Waals surface area contributed by atoms with E-state index < -0.39 is 4.92 Å². The second kappa shape index (κ2) is 10.7. The summed E-state index contributed by atoms with van der Waals surface area (Å²) in [7, 11) is 0. The molecule has 0 saturated heterocycles. The molecule has 0 amide bonds. The Bertz CT molecular complexity index is 1470. The zero-order chi connectivity index (χ0) is 25.1. The SMILES string of the molecule is CC(C)c1ccc(N=c2scc(-c3ccc([N+](=O)[O-])cc3)n2N=Cc2cc(Br)cc(Br)c2O)cc1. The molecule has 0 aliphatic rings. The van der Waals surface area contributed by atoms with Gasteiger partial charge in [0.05, 0.1) is 27.0 Å². The molecular formula is C25H20Br2N4O3S. The van der Waals surface area contributed by atoms with Gasteiger partial charge in [0.25, 0.3) is 5.69 Å². The Morgan fingerprint density at radius 2 is 1.77 bits per heavy atom. The summed E-state index contributed by atoms with van der Waals surface area (Å²) in [4.78, 5) is 16.0. The van der Waals surface area contributed by atoms with Crippen molar-refractivity contribution in [1.82, 2.24) is 4.68 Å². The number of benzene rings is 3. The van der Waals surface area contributed by atoms with E-state index in [4.69, 9.17) is 4.99 Å². The fourth-order valence-corrected chi connectivity index (χ4v) is 5.40. The maximum absolute atomic E-state index is 11.1. The number of nitro benzene ring substituents is 1. The molecule has 0 bridgehead atoms.